The number of carbonyl (C=O) groups is 2. The molecule has 2 amide bonds. The number of amides is 2. The summed E-state index contributed by atoms with van der Waals surface area (Å²) in [7, 11) is 1.61. The summed E-state index contributed by atoms with van der Waals surface area (Å²) in [5.41, 5.74) is 4.16. The van der Waals surface area contributed by atoms with E-state index < -0.39 is 6.04 Å². The van der Waals surface area contributed by atoms with Gasteiger partial charge in [0, 0.05) is 11.7 Å². The molecule has 4 rings (SSSR count). The van der Waals surface area contributed by atoms with Crippen LogP contribution in [-0.4, -0.2) is 29.9 Å². The fourth-order valence-electron chi connectivity index (χ4n) is 5.01. The zero-order valence-electron chi connectivity index (χ0n) is 21.8. The Morgan fingerprint density at radius 3 is 2.31 bits per heavy atom. The van der Waals surface area contributed by atoms with E-state index in [9.17, 15) is 9.59 Å². The monoisotopic (exact) mass is 505 g/mol. The second-order valence-electron chi connectivity index (χ2n) is 9.63. The summed E-state index contributed by atoms with van der Waals surface area (Å²) in [6.45, 7) is 7.75. The van der Waals surface area contributed by atoms with Crippen LogP contribution >= 0.6 is 11.3 Å². The van der Waals surface area contributed by atoms with Gasteiger partial charge < -0.3 is 10.1 Å². The van der Waals surface area contributed by atoms with Gasteiger partial charge in [-0.2, -0.15) is 0 Å². The van der Waals surface area contributed by atoms with Crippen LogP contribution in [0.5, 0.6) is 5.75 Å². The first-order valence-corrected chi connectivity index (χ1v) is 13.4. The Kier molecular flexibility index (Phi) is 8.09. The SMILES string of the molecule is COc1ccc([C@H](C(=O)NC2CCCCC2)N(C(=O)c2sc(C)nc2C)c2ccc(C)cc2C)cc1. The van der Waals surface area contributed by atoms with Gasteiger partial charge in [-0.15, -0.1) is 11.3 Å². The first-order chi connectivity index (χ1) is 17.3. The molecule has 0 saturated heterocycles. The van der Waals surface area contributed by atoms with Gasteiger partial charge in [0.05, 0.1) is 17.8 Å². The number of rotatable bonds is 7. The van der Waals surface area contributed by atoms with Gasteiger partial charge in [0.15, 0.2) is 0 Å². The van der Waals surface area contributed by atoms with Gasteiger partial charge >= 0.3 is 0 Å². The van der Waals surface area contributed by atoms with Crippen molar-refractivity contribution >= 4 is 28.8 Å². The van der Waals surface area contributed by atoms with E-state index in [1.54, 1.807) is 12.0 Å². The summed E-state index contributed by atoms with van der Waals surface area (Å²) in [6.07, 6.45) is 5.34. The highest BCUT2D eigenvalue weighted by molar-refractivity contribution is 7.13. The molecule has 1 aliphatic rings. The van der Waals surface area contributed by atoms with E-state index in [0.29, 0.717) is 16.3 Å². The molecule has 0 aliphatic heterocycles. The normalized spacial score (nSPS) is 14.8. The van der Waals surface area contributed by atoms with Crippen LogP contribution in [0.15, 0.2) is 42.5 Å². The van der Waals surface area contributed by atoms with Crippen molar-refractivity contribution in [3.05, 3.63) is 74.7 Å². The molecule has 3 aromatic rings. The zero-order chi connectivity index (χ0) is 25.8. The average molecular weight is 506 g/mol. The highest BCUT2D eigenvalue weighted by Gasteiger charge is 2.36. The molecule has 1 N–H and O–H groups in total. The van der Waals surface area contributed by atoms with Crippen molar-refractivity contribution < 1.29 is 14.3 Å². The third-order valence-electron chi connectivity index (χ3n) is 6.82. The molecular formula is C29H35N3O3S. The minimum absolute atomic E-state index is 0.121. The predicted molar refractivity (Wildman–Crippen MR) is 145 cm³/mol. The van der Waals surface area contributed by atoms with Crippen LogP contribution in [0.25, 0.3) is 0 Å². The molecule has 0 unspecified atom stereocenters. The van der Waals surface area contributed by atoms with E-state index in [2.05, 4.69) is 10.3 Å². The second kappa shape index (κ2) is 11.2. The standard InChI is InChI=1S/C29H35N3O3S/c1-18-11-16-25(19(2)17-18)32(29(34)27-20(3)30-21(4)36-27)26(22-12-14-24(35-5)15-13-22)28(33)31-23-9-7-6-8-10-23/h11-17,23,26H,6-10H2,1-5H3,(H,31,33)/t26-/m1/s1. The number of thiazole rings is 1. The number of hydrogen-bond donors (Lipinski definition) is 1. The Hall–Kier alpha value is -3.19. The van der Waals surface area contributed by atoms with Gasteiger partial charge in [-0.25, -0.2) is 4.98 Å². The van der Waals surface area contributed by atoms with Crippen LogP contribution in [0.2, 0.25) is 0 Å². The van der Waals surface area contributed by atoms with Crippen molar-refractivity contribution in [3.8, 4) is 5.75 Å². The number of aromatic nitrogens is 1. The van der Waals surface area contributed by atoms with Crippen LogP contribution in [-0.2, 0) is 4.79 Å². The summed E-state index contributed by atoms with van der Waals surface area (Å²) in [6, 6.07) is 12.7. The van der Waals surface area contributed by atoms with Crippen LogP contribution in [0.4, 0.5) is 5.69 Å². The molecule has 1 fully saturated rings. The minimum Gasteiger partial charge on any atom is -0.497 e. The predicted octanol–water partition coefficient (Wildman–Crippen LogP) is 6.22. The molecule has 1 aromatic heterocycles. The fraction of sp³-hybridized carbons (Fsp3) is 0.414. The minimum atomic E-state index is -0.839. The van der Waals surface area contributed by atoms with Crippen molar-refractivity contribution in [1.29, 1.82) is 0 Å². The van der Waals surface area contributed by atoms with E-state index in [-0.39, 0.29) is 17.9 Å². The molecule has 0 radical (unpaired) electrons. The number of carbonyl (C=O) groups excluding carboxylic acids is 2. The maximum absolute atomic E-state index is 14.2. The summed E-state index contributed by atoms with van der Waals surface area (Å²) >= 11 is 1.37. The zero-order valence-corrected chi connectivity index (χ0v) is 22.6. The Morgan fingerprint density at radius 1 is 1.03 bits per heavy atom. The number of benzene rings is 2. The van der Waals surface area contributed by atoms with E-state index in [1.165, 1.54) is 17.8 Å². The first-order valence-electron chi connectivity index (χ1n) is 12.6. The number of nitrogens with one attached hydrogen (secondary N) is 1. The third kappa shape index (κ3) is 5.62. The topological polar surface area (TPSA) is 71.5 Å². The molecule has 36 heavy (non-hydrogen) atoms. The summed E-state index contributed by atoms with van der Waals surface area (Å²) in [5, 5.41) is 4.10. The molecule has 2 aromatic carbocycles. The highest BCUT2D eigenvalue weighted by atomic mass is 32.1. The Morgan fingerprint density at radius 2 is 1.72 bits per heavy atom. The molecular weight excluding hydrogens is 470 g/mol. The number of ether oxygens (including phenoxy) is 1. The molecule has 6 nitrogen and oxygen atoms in total. The van der Waals surface area contributed by atoms with Crippen molar-refractivity contribution in [3.63, 3.8) is 0 Å². The number of methoxy groups -OCH3 is 1. The molecule has 1 atom stereocenters. The van der Waals surface area contributed by atoms with E-state index in [4.69, 9.17) is 4.74 Å². The first kappa shape index (κ1) is 25.9. The molecule has 1 heterocycles. The largest absolute Gasteiger partial charge is 0.497 e. The van der Waals surface area contributed by atoms with Crippen molar-refractivity contribution in [2.75, 3.05) is 12.0 Å². The Bertz CT molecular complexity index is 1230. The smallest absolute Gasteiger partial charge is 0.271 e. The lowest BCUT2D eigenvalue weighted by Crippen LogP contribution is -2.47. The van der Waals surface area contributed by atoms with Gasteiger partial charge in [0.1, 0.15) is 16.7 Å². The van der Waals surface area contributed by atoms with E-state index in [1.807, 2.05) is 70.2 Å². The third-order valence-corrected chi connectivity index (χ3v) is 7.88. The van der Waals surface area contributed by atoms with Crippen LogP contribution in [0, 0.1) is 27.7 Å². The van der Waals surface area contributed by atoms with Gasteiger partial charge in [-0.05, 0) is 69.9 Å². The van der Waals surface area contributed by atoms with Crippen molar-refractivity contribution in [2.45, 2.75) is 71.9 Å². The number of nitrogens with zero attached hydrogens (tertiary/aromatic N) is 2. The summed E-state index contributed by atoms with van der Waals surface area (Å²) < 4.78 is 5.36. The lowest BCUT2D eigenvalue weighted by atomic mass is 9.94. The molecule has 7 heteroatoms. The molecule has 1 aliphatic carbocycles. The van der Waals surface area contributed by atoms with Crippen LogP contribution in [0.3, 0.4) is 0 Å². The lowest BCUT2D eigenvalue weighted by molar-refractivity contribution is -0.123. The maximum atomic E-state index is 14.2. The van der Waals surface area contributed by atoms with Crippen molar-refractivity contribution in [2.24, 2.45) is 0 Å². The average Bonchev–Trinajstić information content (AvgIpc) is 3.21. The molecule has 1 saturated carbocycles. The number of anilines is 1. The Balaban J connectivity index is 1.85. The Labute approximate surface area is 217 Å². The van der Waals surface area contributed by atoms with Gasteiger partial charge in [0.2, 0.25) is 5.91 Å². The highest BCUT2D eigenvalue weighted by Crippen LogP contribution is 2.35. The molecule has 0 bridgehead atoms. The molecule has 190 valence electrons. The van der Waals surface area contributed by atoms with Gasteiger partial charge in [0.25, 0.3) is 5.91 Å². The van der Waals surface area contributed by atoms with E-state index >= 15 is 0 Å². The quantitative estimate of drug-likeness (QED) is 0.414. The number of hydrogen-bond acceptors (Lipinski definition) is 5. The summed E-state index contributed by atoms with van der Waals surface area (Å²) in [4.78, 5) is 35.0. The van der Waals surface area contributed by atoms with Crippen LogP contribution < -0.4 is 15.0 Å². The maximum Gasteiger partial charge on any atom is 0.271 e. The fourth-order valence-corrected chi connectivity index (χ4v) is 5.87. The summed E-state index contributed by atoms with van der Waals surface area (Å²) in [5.74, 6) is 0.312. The van der Waals surface area contributed by atoms with Gasteiger partial charge in [-0.3, -0.25) is 14.5 Å². The van der Waals surface area contributed by atoms with Crippen LogP contribution in [0.1, 0.15) is 75.2 Å². The van der Waals surface area contributed by atoms with Crippen molar-refractivity contribution in [1.82, 2.24) is 10.3 Å². The number of aryl methyl sites for hydroxylation is 4. The second-order valence-corrected chi connectivity index (χ2v) is 10.8. The lowest BCUT2D eigenvalue weighted by Gasteiger charge is -2.34. The van der Waals surface area contributed by atoms with E-state index in [0.717, 1.165) is 53.1 Å². The van der Waals surface area contributed by atoms with Gasteiger partial charge in [-0.1, -0.05) is 49.1 Å². The molecule has 0 spiro atoms.